The molecule has 2 heterocycles. The molecule has 3 aromatic carbocycles. The largest absolute Gasteiger partial charge is 0.488 e. The molecule has 3 atom stereocenters. The van der Waals surface area contributed by atoms with Gasteiger partial charge in [0.2, 0.25) is 21.8 Å². The summed E-state index contributed by atoms with van der Waals surface area (Å²) in [5.74, 6) is -0.230. The van der Waals surface area contributed by atoms with Gasteiger partial charge in [-0.05, 0) is 55.8 Å². The second-order valence-electron chi connectivity index (χ2n) is 12.3. The van der Waals surface area contributed by atoms with Gasteiger partial charge in [0.05, 0.1) is 36.9 Å². The Balaban J connectivity index is 1.41. The van der Waals surface area contributed by atoms with Crippen molar-refractivity contribution >= 4 is 38.4 Å². The van der Waals surface area contributed by atoms with Crippen LogP contribution in [-0.2, 0) is 39.5 Å². The second kappa shape index (κ2) is 13.7. The number of carbonyl (C=O) groups excluding carboxylic acids is 2. The molecule has 0 fully saturated rings. The van der Waals surface area contributed by atoms with Crippen LogP contribution in [0.1, 0.15) is 30.5 Å². The highest BCUT2D eigenvalue weighted by molar-refractivity contribution is 7.89. The van der Waals surface area contributed by atoms with Gasteiger partial charge in [0.15, 0.2) is 0 Å². The third kappa shape index (κ3) is 7.11. The number of para-hydroxylation sites is 1. The Morgan fingerprint density at radius 2 is 1.85 bits per heavy atom. The molecule has 0 saturated carbocycles. The first kappa shape index (κ1) is 33.2. The Morgan fingerprint density at radius 1 is 1.13 bits per heavy atom. The number of nitrogens with zero attached hydrogens (tertiary/aromatic N) is 3. The lowest BCUT2D eigenvalue weighted by molar-refractivity contribution is -0.134. The van der Waals surface area contributed by atoms with Crippen molar-refractivity contribution in [3.05, 3.63) is 89.6 Å². The monoisotopic (exact) mass is 646 g/mol. The van der Waals surface area contributed by atoms with Crippen molar-refractivity contribution in [3.63, 3.8) is 0 Å². The molecule has 0 saturated heterocycles. The van der Waals surface area contributed by atoms with E-state index in [1.54, 1.807) is 54.3 Å². The zero-order valence-corrected chi connectivity index (χ0v) is 27.8. The molecule has 0 radical (unpaired) electrons. The topological polar surface area (TPSA) is 121 Å². The van der Waals surface area contributed by atoms with Gasteiger partial charge in [-0.3, -0.25) is 9.59 Å². The van der Waals surface area contributed by atoms with E-state index in [1.165, 1.54) is 11.4 Å². The molecule has 2 N–H and O–H groups in total. The van der Waals surface area contributed by atoms with Crippen molar-refractivity contribution in [1.29, 1.82) is 0 Å². The number of nitrogens with one attached hydrogen (secondary N) is 1. The average molecular weight is 647 g/mol. The van der Waals surface area contributed by atoms with Gasteiger partial charge < -0.3 is 24.6 Å². The predicted molar refractivity (Wildman–Crippen MR) is 178 cm³/mol. The summed E-state index contributed by atoms with van der Waals surface area (Å²) >= 11 is 0. The highest BCUT2D eigenvalue weighted by Crippen LogP contribution is 2.30. The number of aliphatic hydroxyl groups excluding tert-OH is 1. The molecular formula is C35H42N4O6S. The fraction of sp³-hybridized carbons (Fsp3) is 0.371. The van der Waals surface area contributed by atoms with E-state index in [2.05, 4.69) is 5.32 Å². The maximum Gasteiger partial charge on any atom is 0.242 e. The van der Waals surface area contributed by atoms with Crippen molar-refractivity contribution in [2.24, 2.45) is 13.0 Å². The molecule has 1 aromatic heterocycles. The van der Waals surface area contributed by atoms with Gasteiger partial charge in [-0.25, -0.2) is 8.42 Å². The smallest absolute Gasteiger partial charge is 0.242 e. The molecule has 2 amide bonds. The van der Waals surface area contributed by atoms with E-state index in [0.29, 0.717) is 17.0 Å². The minimum Gasteiger partial charge on any atom is -0.488 e. The fourth-order valence-electron chi connectivity index (χ4n) is 5.91. The molecule has 10 nitrogen and oxygen atoms in total. The second-order valence-corrected chi connectivity index (χ2v) is 14.4. The van der Waals surface area contributed by atoms with E-state index in [1.807, 2.05) is 55.9 Å². The lowest BCUT2D eigenvalue weighted by Gasteiger charge is -2.33. The number of fused-ring (bicyclic) bond motifs is 2. The van der Waals surface area contributed by atoms with Crippen LogP contribution in [0.2, 0.25) is 0 Å². The van der Waals surface area contributed by atoms with E-state index in [9.17, 15) is 23.1 Å². The number of rotatable bonds is 9. The molecule has 1 aliphatic rings. The van der Waals surface area contributed by atoms with E-state index in [-0.39, 0.29) is 55.2 Å². The average Bonchev–Trinajstić information content (AvgIpc) is 3.35. The number of aryl methyl sites for hydroxylation is 2. The van der Waals surface area contributed by atoms with E-state index >= 15 is 0 Å². The number of likely N-dealkylation sites (N-methyl/N-ethyl adjacent to an activating group) is 1. The van der Waals surface area contributed by atoms with Crippen LogP contribution >= 0.6 is 0 Å². The first-order valence-corrected chi connectivity index (χ1v) is 16.9. The predicted octanol–water partition coefficient (Wildman–Crippen LogP) is 4.14. The third-order valence-corrected chi connectivity index (χ3v) is 10.5. The summed E-state index contributed by atoms with van der Waals surface area (Å²) in [5.41, 5.74) is 3.99. The Morgan fingerprint density at radius 3 is 2.57 bits per heavy atom. The number of hydrogen-bond donors (Lipinski definition) is 2. The van der Waals surface area contributed by atoms with E-state index in [4.69, 9.17) is 4.74 Å². The van der Waals surface area contributed by atoms with Crippen LogP contribution in [0, 0.1) is 12.8 Å². The molecule has 1 aliphatic heterocycles. The quantitative estimate of drug-likeness (QED) is 0.282. The molecule has 244 valence electrons. The van der Waals surface area contributed by atoms with Gasteiger partial charge in [-0.15, -0.1) is 0 Å². The molecule has 5 rings (SSSR count). The first-order chi connectivity index (χ1) is 21.9. The molecular weight excluding hydrogens is 604 g/mol. The Hall–Kier alpha value is -4.19. The SMILES string of the molecule is Cc1ccc(S(=O)(=O)N(C)C[C@@H]2Oc3ccc(NC(=O)Cc4cn(C)c5ccccc45)cc3CC(=O)N([C@@H](C)CO)C[C@H]2C)cc1. The van der Waals surface area contributed by atoms with Crippen molar-refractivity contribution in [2.45, 2.75) is 50.7 Å². The molecule has 0 aliphatic carbocycles. The zero-order chi connectivity index (χ0) is 33.2. The van der Waals surface area contributed by atoms with Crippen molar-refractivity contribution < 1.29 is 27.9 Å². The molecule has 46 heavy (non-hydrogen) atoms. The number of aliphatic hydroxyl groups is 1. The highest BCUT2D eigenvalue weighted by atomic mass is 32.2. The van der Waals surface area contributed by atoms with Crippen LogP contribution in [0.4, 0.5) is 5.69 Å². The summed E-state index contributed by atoms with van der Waals surface area (Å²) in [6, 6.07) is 19.3. The summed E-state index contributed by atoms with van der Waals surface area (Å²) < 4.78 is 36.7. The number of ether oxygens (including phenoxy) is 1. The van der Waals surface area contributed by atoms with Gasteiger partial charge in [0.25, 0.3) is 0 Å². The van der Waals surface area contributed by atoms with Crippen LogP contribution in [0.3, 0.4) is 0 Å². The Labute approximate surface area is 270 Å². The summed E-state index contributed by atoms with van der Waals surface area (Å²) in [5, 5.41) is 13.9. The van der Waals surface area contributed by atoms with Crippen LogP contribution < -0.4 is 10.1 Å². The minimum atomic E-state index is -3.81. The van der Waals surface area contributed by atoms with Gasteiger partial charge in [-0.1, -0.05) is 42.8 Å². The maximum atomic E-state index is 13.6. The number of amides is 2. The standard InChI is InChI=1S/C35H42N4O6S/c1-23-10-13-29(14-11-23)46(43,44)38(5)21-33-24(2)19-39(25(3)22-40)35(42)18-26-16-28(12-15-32(26)45-33)36-34(41)17-27-20-37(4)31-9-7-6-8-30(27)31/h6-16,20,24-25,33,40H,17-19,21-22H2,1-5H3,(H,36,41)/t24-,25+,33+/m1/s1. The number of sulfonamides is 1. The molecule has 4 aromatic rings. The van der Waals surface area contributed by atoms with E-state index < -0.39 is 22.2 Å². The molecule has 0 spiro atoms. The Bertz CT molecular complexity index is 1840. The maximum absolute atomic E-state index is 13.6. The van der Waals surface area contributed by atoms with Gasteiger partial charge in [-0.2, -0.15) is 4.31 Å². The highest BCUT2D eigenvalue weighted by Gasteiger charge is 2.33. The fourth-order valence-corrected chi connectivity index (χ4v) is 7.09. The normalized spacial score (nSPS) is 18.0. The summed E-state index contributed by atoms with van der Waals surface area (Å²) in [6.45, 7) is 5.67. The summed E-state index contributed by atoms with van der Waals surface area (Å²) in [4.78, 5) is 28.6. The van der Waals surface area contributed by atoms with Crippen molar-refractivity contribution in [1.82, 2.24) is 13.8 Å². The lowest BCUT2D eigenvalue weighted by atomic mass is 10.0. The molecule has 0 bridgehead atoms. The number of aromatic nitrogens is 1. The van der Waals surface area contributed by atoms with Gasteiger partial charge >= 0.3 is 0 Å². The first-order valence-electron chi connectivity index (χ1n) is 15.4. The zero-order valence-electron chi connectivity index (χ0n) is 26.9. The molecule has 11 heteroatoms. The number of anilines is 1. The third-order valence-electron chi connectivity index (χ3n) is 8.70. The van der Waals surface area contributed by atoms with Gasteiger partial charge in [0.1, 0.15) is 11.9 Å². The number of carbonyl (C=O) groups is 2. The van der Waals surface area contributed by atoms with Gasteiger partial charge in [0, 0.05) is 54.9 Å². The van der Waals surface area contributed by atoms with Crippen molar-refractivity contribution in [2.75, 3.05) is 32.1 Å². The Kier molecular flexibility index (Phi) is 9.85. The summed E-state index contributed by atoms with van der Waals surface area (Å²) in [7, 11) is -0.338. The van der Waals surface area contributed by atoms with Crippen molar-refractivity contribution in [3.8, 4) is 5.75 Å². The number of hydrogen-bond acceptors (Lipinski definition) is 6. The number of benzene rings is 3. The lowest BCUT2D eigenvalue weighted by Crippen LogP contribution is -2.48. The van der Waals surface area contributed by atoms with E-state index in [0.717, 1.165) is 22.0 Å². The molecule has 0 unspecified atom stereocenters. The minimum absolute atomic E-state index is 0.0103. The summed E-state index contributed by atoms with van der Waals surface area (Å²) in [6.07, 6.45) is 1.51. The van der Waals surface area contributed by atoms with Crippen LogP contribution in [0.5, 0.6) is 5.75 Å². The van der Waals surface area contributed by atoms with Crippen LogP contribution in [0.25, 0.3) is 10.9 Å². The van der Waals surface area contributed by atoms with Crippen LogP contribution in [0.15, 0.2) is 77.8 Å². The van der Waals surface area contributed by atoms with Crippen LogP contribution in [-0.4, -0.2) is 78.0 Å².